The van der Waals surface area contributed by atoms with E-state index >= 15 is 0 Å². The van der Waals surface area contributed by atoms with Gasteiger partial charge >= 0.3 is 17.9 Å². The summed E-state index contributed by atoms with van der Waals surface area (Å²) in [6.45, 7) is 6.34. The molecule has 0 radical (unpaired) electrons. The molecule has 0 aromatic carbocycles. The molecule has 0 amide bonds. The molecule has 0 aliphatic carbocycles. The summed E-state index contributed by atoms with van der Waals surface area (Å²) in [6.07, 6.45) is 99.4. The van der Waals surface area contributed by atoms with Crippen LogP contribution in [0.4, 0.5) is 0 Å². The van der Waals surface area contributed by atoms with Crippen LogP contribution in [0.1, 0.15) is 265 Å². The van der Waals surface area contributed by atoms with Gasteiger partial charge in [0, 0.05) is 19.3 Å². The summed E-state index contributed by atoms with van der Waals surface area (Å²) in [5.41, 5.74) is 0. The van der Waals surface area contributed by atoms with Crippen molar-refractivity contribution in [3.63, 3.8) is 0 Å². The molecular formula is C75H118O6. The molecule has 0 heterocycles. The molecule has 1 atom stereocenters. The SMILES string of the molecule is CC/C=C\C/C=C\C/C=C\C/C=C\C/C=C\C/C=C\C/C=C\C/C=C\CCCCCCCCCCC(=O)OCC(COC(=O)CCCCCCCCCCC)OC(=O)CCCC/C=C\C/C=C\C/C=C\C/C=C\C/C=C\C/C=C\CC. The zero-order chi connectivity index (χ0) is 58.5. The van der Waals surface area contributed by atoms with Gasteiger partial charge in [-0.2, -0.15) is 0 Å². The number of rotatable bonds is 57. The highest BCUT2D eigenvalue weighted by Crippen LogP contribution is 2.14. The minimum absolute atomic E-state index is 0.103. The van der Waals surface area contributed by atoms with E-state index in [0.29, 0.717) is 19.3 Å². The number of carbonyl (C=O) groups excluding carboxylic acids is 3. The molecule has 0 saturated carbocycles. The van der Waals surface area contributed by atoms with Gasteiger partial charge in [-0.1, -0.05) is 281 Å². The first kappa shape index (κ1) is 75.8. The van der Waals surface area contributed by atoms with Crippen LogP contribution < -0.4 is 0 Å². The second kappa shape index (κ2) is 67.3. The van der Waals surface area contributed by atoms with E-state index in [-0.39, 0.29) is 37.5 Å². The molecule has 0 rings (SSSR count). The molecule has 6 nitrogen and oxygen atoms in total. The Morgan fingerprint density at radius 1 is 0.259 bits per heavy atom. The topological polar surface area (TPSA) is 78.9 Å². The predicted octanol–water partition coefficient (Wildman–Crippen LogP) is 22.7. The van der Waals surface area contributed by atoms with Gasteiger partial charge in [0.15, 0.2) is 6.10 Å². The van der Waals surface area contributed by atoms with E-state index in [1.165, 1.54) is 70.6 Å². The first-order chi connectivity index (χ1) is 40.0. The molecule has 6 heteroatoms. The van der Waals surface area contributed by atoms with Crippen LogP contribution in [0.25, 0.3) is 0 Å². The van der Waals surface area contributed by atoms with E-state index < -0.39 is 6.10 Å². The van der Waals surface area contributed by atoms with Crippen molar-refractivity contribution < 1.29 is 28.6 Å². The average Bonchev–Trinajstić information content (AvgIpc) is 3.47. The second-order valence-corrected chi connectivity index (χ2v) is 20.9. The summed E-state index contributed by atoms with van der Waals surface area (Å²) in [5, 5.41) is 0. The van der Waals surface area contributed by atoms with Gasteiger partial charge in [0.25, 0.3) is 0 Å². The third-order valence-electron chi connectivity index (χ3n) is 13.2. The molecule has 81 heavy (non-hydrogen) atoms. The molecule has 0 aliphatic heterocycles. The first-order valence-electron chi connectivity index (χ1n) is 32.6. The van der Waals surface area contributed by atoms with Gasteiger partial charge in [-0.25, -0.2) is 0 Å². The number of ether oxygens (including phenoxy) is 3. The number of allylic oxidation sites excluding steroid dienone is 28. The molecule has 454 valence electrons. The monoisotopic (exact) mass is 1110 g/mol. The van der Waals surface area contributed by atoms with Gasteiger partial charge in [0.1, 0.15) is 13.2 Å². The number of hydrogen-bond acceptors (Lipinski definition) is 6. The van der Waals surface area contributed by atoms with Crippen molar-refractivity contribution >= 4 is 17.9 Å². The molecular weight excluding hydrogens is 997 g/mol. The van der Waals surface area contributed by atoms with E-state index in [2.05, 4.69) is 191 Å². The molecule has 0 aromatic heterocycles. The minimum Gasteiger partial charge on any atom is -0.462 e. The van der Waals surface area contributed by atoms with Crippen LogP contribution in [0, 0.1) is 0 Å². The highest BCUT2D eigenvalue weighted by atomic mass is 16.6. The van der Waals surface area contributed by atoms with Crippen molar-refractivity contribution in [2.45, 2.75) is 271 Å². The lowest BCUT2D eigenvalue weighted by Gasteiger charge is -2.18. The van der Waals surface area contributed by atoms with E-state index in [4.69, 9.17) is 14.2 Å². The Labute approximate surface area is 498 Å². The Morgan fingerprint density at radius 2 is 0.481 bits per heavy atom. The Hall–Kier alpha value is -5.23. The van der Waals surface area contributed by atoms with E-state index in [1.807, 2.05) is 0 Å². The van der Waals surface area contributed by atoms with Crippen molar-refractivity contribution in [1.82, 2.24) is 0 Å². The third kappa shape index (κ3) is 65.5. The molecule has 0 N–H and O–H groups in total. The first-order valence-corrected chi connectivity index (χ1v) is 32.6. The third-order valence-corrected chi connectivity index (χ3v) is 13.2. The lowest BCUT2D eigenvalue weighted by molar-refractivity contribution is -0.167. The predicted molar refractivity (Wildman–Crippen MR) is 352 cm³/mol. The van der Waals surface area contributed by atoms with Crippen molar-refractivity contribution in [2.75, 3.05) is 13.2 Å². The standard InChI is InChI=1S/C75H118O6/c1-4-7-10-13-16-19-21-23-25-27-29-31-32-33-34-35-36-37-38-39-40-41-42-44-45-47-49-51-53-56-59-62-65-68-74(77)80-71-72(70-79-73(76)67-64-61-58-55-18-15-12-9-6-3)81-75(78)69-66-63-60-57-54-52-50-48-46-43-30-28-26-24-22-20-17-14-11-8-5-2/h7-8,10-11,16-17,19-20,23-26,29-31,33-34,36-37,39-40,42-44,48,50,54,57,72H,4-6,9,12-15,18,21-22,27-28,32,35,38,41,45-47,49,51-53,55-56,58-71H2,1-3H3/b10-7-,11-8-,19-16-,20-17-,25-23-,26-24-,31-29-,34-33-,37-36-,40-39-,43-30-,44-42-,50-48-,57-54-. The van der Waals surface area contributed by atoms with Gasteiger partial charge in [0.05, 0.1) is 0 Å². The van der Waals surface area contributed by atoms with Crippen LogP contribution in [0.5, 0.6) is 0 Å². The van der Waals surface area contributed by atoms with E-state index in [1.54, 1.807) is 0 Å². The summed E-state index contributed by atoms with van der Waals surface area (Å²) in [5.74, 6) is -0.963. The normalized spacial score (nSPS) is 13.3. The van der Waals surface area contributed by atoms with Crippen molar-refractivity contribution in [2.24, 2.45) is 0 Å². The van der Waals surface area contributed by atoms with E-state index in [9.17, 15) is 14.4 Å². The van der Waals surface area contributed by atoms with Crippen LogP contribution >= 0.6 is 0 Å². The maximum Gasteiger partial charge on any atom is 0.306 e. The molecule has 0 fully saturated rings. The van der Waals surface area contributed by atoms with Crippen LogP contribution in [0.2, 0.25) is 0 Å². The van der Waals surface area contributed by atoms with Crippen molar-refractivity contribution in [3.8, 4) is 0 Å². The number of esters is 3. The van der Waals surface area contributed by atoms with Crippen LogP contribution in [0.3, 0.4) is 0 Å². The summed E-state index contributed by atoms with van der Waals surface area (Å²) in [7, 11) is 0. The van der Waals surface area contributed by atoms with Gasteiger partial charge in [-0.3, -0.25) is 14.4 Å². The lowest BCUT2D eigenvalue weighted by atomic mass is 10.1. The Kier molecular flexibility index (Phi) is 62.9. The lowest BCUT2D eigenvalue weighted by Crippen LogP contribution is -2.30. The molecule has 0 aliphatic rings. The zero-order valence-corrected chi connectivity index (χ0v) is 52.0. The summed E-state index contributed by atoms with van der Waals surface area (Å²) >= 11 is 0. The van der Waals surface area contributed by atoms with Gasteiger partial charge in [0.2, 0.25) is 0 Å². The number of carbonyl (C=O) groups is 3. The largest absolute Gasteiger partial charge is 0.462 e. The van der Waals surface area contributed by atoms with Crippen LogP contribution in [0.15, 0.2) is 170 Å². The van der Waals surface area contributed by atoms with Crippen molar-refractivity contribution in [3.05, 3.63) is 170 Å². The Bertz CT molecular complexity index is 1860. The maximum atomic E-state index is 12.9. The van der Waals surface area contributed by atoms with Crippen LogP contribution in [-0.4, -0.2) is 37.2 Å². The van der Waals surface area contributed by atoms with Crippen molar-refractivity contribution in [1.29, 1.82) is 0 Å². The van der Waals surface area contributed by atoms with E-state index in [0.717, 1.165) is 148 Å². The molecule has 0 saturated heterocycles. The number of unbranched alkanes of at least 4 members (excludes halogenated alkanes) is 18. The minimum atomic E-state index is -0.811. The van der Waals surface area contributed by atoms with Crippen LogP contribution in [-0.2, 0) is 28.6 Å². The summed E-state index contributed by atoms with van der Waals surface area (Å²) < 4.78 is 16.8. The fourth-order valence-corrected chi connectivity index (χ4v) is 8.40. The molecule has 0 bridgehead atoms. The Balaban J connectivity index is 4.30. The average molecular weight is 1120 g/mol. The zero-order valence-electron chi connectivity index (χ0n) is 52.0. The van der Waals surface area contributed by atoms with Gasteiger partial charge < -0.3 is 14.2 Å². The Morgan fingerprint density at radius 3 is 0.778 bits per heavy atom. The van der Waals surface area contributed by atoms with Gasteiger partial charge in [-0.15, -0.1) is 0 Å². The highest BCUT2D eigenvalue weighted by molar-refractivity contribution is 5.71. The molecule has 0 spiro atoms. The quantitative estimate of drug-likeness (QED) is 0.0261. The molecule has 1 unspecified atom stereocenters. The summed E-state index contributed by atoms with van der Waals surface area (Å²) in [6, 6.07) is 0. The highest BCUT2D eigenvalue weighted by Gasteiger charge is 2.19. The fraction of sp³-hybridized carbons (Fsp3) is 0.587. The molecule has 0 aromatic rings. The number of hydrogen-bond donors (Lipinski definition) is 0. The fourth-order valence-electron chi connectivity index (χ4n) is 8.40. The second-order valence-electron chi connectivity index (χ2n) is 20.9. The summed E-state index contributed by atoms with van der Waals surface area (Å²) in [4.78, 5) is 38.2. The van der Waals surface area contributed by atoms with Gasteiger partial charge in [-0.05, 0) is 135 Å². The smallest absolute Gasteiger partial charge is 0.306 e. The maximum absolute atomic E-state index is 12.9.